The summed E-state index contributed by atoms with van der Waals surface area (Å²) in [6.45, 7) is 7.01. The first-order valence-corrected chi connectivity index (χ1v) is 7.40. The second kappa shape index (κ2) is 5.64. The van der Waals surface area contributed by atoms with Crippen LogP contribution in [0.25, 0.3) is 0 Å². The normalized spacial score (nSPS) is 15.8. The Bertz CT molecular complexity index is 504. The zero-order chi connectivity index (χ0) is 14.9. The number of hydrogen-bond donors (Lipinski definition) is 0. The molecule has 1 aliphatic heterocycles. The molecule has 0 radical (unpaired) electrons. The zero-order valence-electron chi connectivity index (χ0n) is 12.3. The molecular formula is C15H20BrNO3. The van der Waals surface area contributed by atoms with Gasteiger partial charge in [-0.2, -0.15) is 0 Å². The van der Waals surface area contributed by atoms with E-state index in [0.29, 0.717) is 19.0 Å². The highest BCUT2D eigenvalue weighted by Gasteiger charge is 2.34. The molecule has 0 spiro atoms. The number of amides is 1. The number of carbonyl (C=O) groups is 1. The maximum atomic E-state index is 11.9. The average molecular weight is 342 g/mol. The molecule has 0 saturated carbocycles. The van der Waals surface area contributed by atoms with Crippen LogP contribution in [-0.2, 0) is 4.74 Å². The Hall–Kier alpha value is -1.23. The highest BCUT2D eigenvalue weighted by molar-refractivity contribution is 9.10. The molecule has 0 aliphatic carbocycles. The van der Waals surface area contributed by atoms with E-state index in [-0.39, 0.29) is 6.09 Å². The third kappa shape index (κ3) is 3.66. The molecule has 5 heteroatoms. The summed E-state index contributed by atoms with van der Waals surface area (Å²) >= 11 is 3.47. The van der Waals surface area contributed by atoms with E-state index < -0.39 is 5.60 Å². The smallest absolute Gasteiger partial charge is 0.410 e. The largest absolute Gasteiger partial charge is 0.497 e. The third-order valence-electron chi connectivity index (χ3n) is 3.13. The second-order valence-electron chi connectivity index (χ2n) is 6.01. The molecular weight excluding hydrogens is 322 g/mol. The summed E-state index contributed by atoms with van der Waals surface area (Å²) < 4.78 is 11.6. The van der Waals surface area contributed by atoms with Crippen molar-refractivity contribution in [3.63, 3.8) is 0 Å². The molecule has 4 nitrogen and oxygen atoms in total. The van der Waals surface area contributed by atoms with Crippen LogP contribution < -0.4 is 4.74 Å². The Kier molecular flexibility index (Phi) is 4.28. The number of rotatable bonds is 2. The minimum absolute atomic E-state index is 0.240. The SMILES string of the molecule is COc1cc(Br)cc(C2CN(C(=O)OC(C)(C)C)C2)c1. The summed E-state index contributed by atoms with van der Waals surface area (Å²) in [4.78, 5) is 13.6. The number of ether oxygens (including phenoxy) is 2. The van der Waals surface area contributed by atoms with Gasteiger partial charge in [0.1, 0.15) is 11.4 Å². The topological polar surface area (TPSA) is 38.8 Å². The van der Waals surface area contributed by atoms with Crippen LogP contribution in [-0.4, -0.2) is 36.8 Å². The molecule has 1 fully saturated rings. The fourth-order valence-corrected chi connectivity index (χ4v) is 2.59. The van der Waals surface area contributed by atoms with Crippen molar-refractivity contribution in [2.45, 2.75) is 32.3 Å². The van der Waals surface area contributed by atoms with Crippen LogP contribution >= 0.6 is 15.9 Å². The van der Waals surface area contributed by atoms with Crippen LogP contribution in [0.1, 0.15) is 32.3 Å². The van der Waals surface area contributed by atoms with E-state index in [4.69, 9.17) is 9.47 Å². The van der Waals surface area contributed by atoms with Gasteiger partial charge in [-0.15, -0.1) is 0 Å². The van der Waals surface area contributed by atoms with Crippen LogP contribution in [0, 0.1) is 0 Å². The lowest BCUT2D eigenvalue weighted by molar-refractivity contribution is 0.00819. The predicted octanol–water partition coefficient (Wildman–Crippen LogP) is 3.79. The molecule has 1 aromatic rings. The number of methoxy groups -OCH3 is 1. The Morgan fingerprint density at radius 3 is 2.50 bits per heavy atom. The minimum atomic E-state index is -0.443. The first-order chi connectivity index (χ1) is 9.28. The second-order valence-corrected chi connectivity index (χ2v) is 6.92. The molecule has 110 valence electrons. The molecule has 1 aliphatic rings. The first-order valence-electron chi connectivity index (χ1n) is 6.61. The predicted molar refractivity (Wildman–Crippen MR) is 81.2 cm³/mol. The molecule has 1 amide bonds. The Balaban J connectivity index is 1.96. The van der Waals surface area contributed by atoms with Crippen molar-refractivity contribution in [2.75, 3.05) is 20.2 Å². The van der Waals surface area contributed by atoms with Crippen molar-refractivity contribution in [3.05, 3.63) is 28.2 Å². The van der Waals surface area contributed by atoms with Gasteiger partial charge in [0.05, 0.1) is 7.11 Å². The molecule has 2 rings (SSSR count). The van der Waals surface area contributed by atoms with E-state index in [1.54, 1.807) is 12.0 Å². The first kappa shape index (κ1) is 15.2. The molecule has 20 heavy (non-hydrogen) atoms. The average Bonchev–Trinajstić information content (AvgIpc) is 2.23. The number of benzene rings is 1. The maximum absolute atomic E-state index is 11.9. The molecule has 0 bridgehead atoms. The van der Waals surface area contributed by atoms with Crippen molar-refractivity contribution in [3.8, 4) is 5.75 Å². The standard InChI is InChI=1S/C15H20BrNO3/c1-15(2,3)20-14(18)17-8-11(9-17)10-5-12(16)7-13(6-10)19-4/h5-7,11H,8-9H2,1-4H3. The number of carbonyl (C=O) groups excluding carboxylic acids is 1. The van der Waals surface area contributed by atoms with Gasteiger partial charge >= 0.3 is 6.09 Å². The van der Waals surface area contributed by atoms with E-state index in [9.17, 15) is 4.79 Å². The number of halogens is 1. The molecule has 1 saturated heterocycles. The Morgan fingerprint density at radius 1 is 1.30 bits per heavy atom. The van der Waals surface area contributed by atoms with Crippen LogP contribution in [0.2, 0.25) is 0 Å². The van der Waals surface area contributed by atoms with Gasteiger partial charge in [0.2, 0.25) is 0 Å². The third-order valence-corrected chi connectivity index (χ3v) is 3.59. The van der Waals surface area contributed by atoms with Gasteiger partial charge < -0.3 is 14.4 Å². The summed E-state index contributed by atoms with van der Waals surface area (Å²) in [6, 6.07) is 6.01. The highest BCUT2D eigenvalue weighted by Crippen LogP contribution is 2.32. The summed E-state index contributed by atoms with van der Waals surface area (Å²) in [7, 11) is 1.65. The van der Waals surface area contributed by atoms with E-state index in [2.05, 4.69) is 22.0 Å². The van der Waals surface area contributed by atoms with E-state index in [1.165, 1.54) is 5.56 Å². The Labute approximate surface area is 128 Å². The molecule has 1 heterocycles. The van der Waals surface area contributed by atoms with Gasteiger partial charge in [0.25, 0.3) is 0 Å². The highest BCUT2D eigenvalue weighted by atomic mass is 79.9. The van der Waals surface area contributed by atoms with Crippen LogP contribution in [0.3, 0.4) is 0 Å². The lowest BCUT2D eigenvalue weighted by Gasteiger charge is -2.40. The molecule has 0 aromatic heterocycles. The van der Waals surface area contributed by atoms with Crippen LogP contribution in [0.15, 0.2) is 22.7 Å². The quantitative estimate of drug-likeness (QED) is 0.821. The lowest BCUT2D eigenvalue weighted by Crippen LogP contribution is -2.50. The summed E-state index contributed by atoms with van der Waals surface area (Å²) in [5.41, 5.74) is 0.734. The number of likely N-dealkylation sites (tertiary alicyclic amines) is 1. The molecule has 1 aromatic carbocycles. The summed E-state index contributed by atoms with van der Waals surface area (Å²) in [5.74, 6) is 1.17. The number of nitrogens with zero attached hydrogens (tertiary/aromatic N) is 1. The zero-order valence-corrected chi connectivity index (χ0v) is 13.9. The van der Waals surface area contributed by atoms with Crippen molar-refractivity contribution >= 4 is 22.0 Å². The van der Waals surface area contributed by atoms with E-state index >= 15 is 0 Å². The Morgan fingerprint density at radius 2 is 1.95 bits per heavy atom. The van der Waals surface area contributed by atoms with Gasteiger partial charge in [-0.25, -0.2) is 4.79 Å². The van der Waals surface area contributed by atoms with Gasteiger partial charge in [-0.1, -0.05) is 15.9 Å². The minimum Gasteiger partial charge on any atom is -0.497 e. The maximum Gasteiger partial charge on any atom is 0.410 e. The fraction of sp³-hybridized carbons (Fsp3) is 0.533. The van der Waals surface area contributed by atoms with E-state index in [1.807, 2.05) is 32.9 Å². The van der Waals surface area contributed by atoms with Gasteiger partial charge in [0, 0.05) is 23.5 Å². The molecule has 0 atom stereocenters. The van der Waals surface area contributed by atoms with E-state index in [0.717, 1.165) is 10.2 Å². The summed E-state index contributed by atoms with van der Waals surface area (Å²) in [6.07, 6.45) is -0.240. The van der Waals surface area contributed by atoms with Crippen molar-refractivity contribution in [2.24, 2.45) is 0 Å². The van der Waals surface area contributed by atoms with Crippen LogP contribution in [0.4, 0.5) is 4.79 Å². The monoisotopic (exact) mass is 341 g/mol. The molecule has 0 N–H and O–H groups in total. The summed E-state index contributed by atoms with van der Waals surface area (Å²) in [5, 5.41) is 0. The van der Waals surface area contributed by atoms with Crippen molar-refractivity contribution in [1.82, 2.24) is 4.90 Å². The van der Waals surface area contributed by atoms with Gasteiger partial charge in [-0.3, -0.25) is 0 Å². The van der Waals surface area contributed by atoms with Crippen molar-refractivity contribution in [1.29, 1.82) is 0 Å². The fourth-order valence-electron chi connectivity index (χ4n) is 2.10. The van der Waals surface area contributed by atoms with Crippen molar-refractivity contribution < 1.29 is 14.3 Å². The van der Waals surface area contributed by atoms with Gasteiger partial charge in [-0.05, 0) is 44.5 Å². The van der Waals surface area contributed by atoms with Gasteiger partial charge in [0.15, 0.2) is 0 Å². The lowest BCUT2D eigenvalue weighted by atomic mass is 9.92. The molecule has 0 unspecified atom stereocenters. The number of hydrogen-bond acceptors (Lipinski definition) is 3. The van der Waals surface area contributed by atoms with Crippen LogP contribution in [0.5, 0.6) is 5.75 Å².